The van der Waals surface area contributed by atoms with Gasteiger partial charge in [-0.05, 0) is 30.5 Å². The van der Waals surface area contributed by atoms with Crippen molar-refractivity contribution in [2.24, 2.45) is 5.92 Å². The molecule has 1 aromatic rings. The first-order valence-electron chi connectivity index (χ1n) is 7.32. The SMILES string of the molecule is O=C([O-])C[C@@H](NC(=O)C1CCCCC1)c1ccc(Cl)cc1. The third kappa shape index (κ3) is 4.74. The number of carbonyl (C=O) groups is 2. The largest absolute Gasteiger partial charge is 0.550 e. The van der Waals surface area contributed by atoms with Crippen molar-refractivity contribution in [3.8, 4) is 0 Å². The Bertz CT molecular complexity index is 495. The Kier molecular flexibility index (Phi) is 5.62. The van der Waals surface area contributed by atoms with E-state index in [0.29, 0.717) is 5.02 Å². The summed E-state index contributed by atoms with van der Waals surface area (Å²) < 4.78 is 0. The molecule has 0 bridgehead atoms. The lowest BCUT2D eigenvalue weighted by molar-refractivity contribution is -0.306. The summed E-state index contributed by atoms with van der Waals surface area (Å²) in [5, 5.41) is 14.3. The van der Waals surface area contributed by atoms with Gasteiger partial charge in [-0.3, -0.25) is 4.79 Å². The van der Waals surface area contributed by atoms with Crippen molar-refractivity contribution in [2.75, 3.05) is 0 Å². The number of halogens is 1. The number of amides is 1. The van der Waals surface area contributed by atoms with Crippen LogP contribution < -0.4 is 10.4 Å². The molecule has 1 N–H and O–H groups in total. The van der Waals surface area contributed by atoms with Gasteiger partial charge in [-0.25, -0.2) is 0 Å². The molecule has 0 heterocycles. The Hall–Kier alpha value is -1.55. The Balaban J connectivity index is 2.06. The molecule has 0 spiro atoms. The summed E-state index contributed by atoms with van der Waals surface area (Å²) in [5.41, 5.74) is 0.729. The minimum atomic E-state index is -1.18. The van der Waals surface area contributed by atoms with Crippen LogP contribution in [0.1, 0.15) is 50.1 Å². The molecule has 1 aliphatic carbocycles. The predicted octanol–water partition coefficient (Wildman–Crippen LogP) is 2.22. The van der Waals surface area contributed by atoms with Crippen LogP contribution in [-0.4, -0.2) is 11.9 Å². The minimum absolute atomic E-state index is 0.00435. The number of hydrogen-bond donors (Lipinski definition) is 1. The number of carbonyl (C=O) groups excluding carboxylic acids is 2. The normalized spacial score (nSPS) is 17.2. The third-order valence-corrected chi connectivity index (χ3v) is 4.19. The van der Waals surface area contributed by atoms with Crippen molar-refractivity contribution in [3.63, 3.8) is 0 Å². The number of rotatable bonds is 5. The van der Waals surface area contributed by atoms with E-state index in [2.05, 4.69) is 5.32 Å². The Morgan fingerprint density at radius 2 is 1.81 bits per heavy atom. The molecular weight excluding hydrogens is 290 g/mol. The zero-order valence-electron chi connectivity index (χ0n) is 11.8. The summed E-state index contributed by atoms with van der Waals surface area (Å²) >= 11 is 5.83. The molecule has 1 saturated carbocycles. The molecule has 1 amide bonds. The second-order valence-electron chi connectivity index (χ2n) is 5.52. The van der Waals surface area contributed by atoms with E-state index in [-0.39, 0.29) is 18.2 Å². The highest BCUT2D eigenvalue weighted by molar-refractivity contribution is 6.30. The fraction of sp³-hybridized carbons (Fsp3) is 0.500. The van der Waals surface area contributed by atoms with Crippen LogP contribution in [-0.2, 0) is 9.59 Å². The predicted molar refractivity (Wildman–Crippen MR) is 78.5 cm³/mol. The quantitative estimate of drug-likeness (QED) is 0.906. The van der Waals surface area contributed by atoms with Gasteiger partial charge in [0.1, 0.15) is 0 Å². The van der Waals surface area contributed by atoms with Gasteiger partial charge in [0.05, 0.1) is 6.04 Å². The van der Waals surface area contributed by atoms with Gasteiger partial charge in [-0.1, -0.05) is 43.0 Å². The van der Waals surface area contributed by atoms with Gasteiger partial charge in [-0.15, -0.1) is 0 Å². The summed E-state index contributed by atoms with van der Waals surface area (Å²) in [6.45, 7) is 0. The number of carboxylic acids is 1. The molecule has 0 aromatic heterocycles. The molecule has 0 saturated heterocycles. The molecular formula is C16H19ClNO3-. The highest BCUT2D eigenvalue weighted by Crippen LogP contribution is 2.26. The monoisotopic (exact) mass is 308 g/mol. The van der Waals surface area contributed by atoms with Gasteiger partial charge < -0.3 is 15.2 Å². The van der Waals surface area contributed by atoms with Crippen molar-refractivity contribution in [1.29, 1.82) is 0 Å². The Morgan fingerprint density at radius 3 is 2.38 bits per heavy atom. The molecule has 21 heavy (non-hydrogen) atoms. The molecule has 5 heteroatoms. The molecule has 0 unspecified atom stereocenters. The molecule has 0 radical (unpaired) electrons. The van der Waals surface area contributed by atoms with E-state index in [1.54, 1.807) is 24.3 Å². The summed E-state index contributed by atoms with van der Waals surface area (Å²) in [7, 11) is 0. The third-order valence-electron chi connectivity index (χ3n) is 3.94. The standard InChI is InChI=1S/C16H20ClNO3/c17-13-8-6-11(7-9-13)14(10-15(19)20)18-16(21)12-4-2-1-3-5-12/h6-9,12,14H,1-5,10H2,(H,18,21)(H,19,20)/p-1/t14-/m1/s1. The number of carboxylic acid groups (broad SMARTS) is 1. The summed E-state index contributed by atoms with van der Waals surface area (Å²) in [4.78, 5) is 23.2. The zero-order chi connectivity index (χ0) is 15.2. The molecule has 1 aliphatic rings. The maximum absolute atomic E-state index is 12.3. The Labute approximate surface area is 129 Å². The average Bonchev–Trinajstić information content (AvgIpc) is 2.48. The zero-order valence-corrected chi connectivity index (χ0v) is 12.6. The lowest BCUT2D eigenvalue weighted by Crippen LogP contribution is -2.38. The van der Waals surface area contributed by atoms with E-state index < -0.39 is 12.0 Å². The number of benzene rings is 1. The van der Waals surface area contributed by atoms with E-state index in [4.69, 9.17) is 11.6 Å². The van der Waals surface area contributed by atoms with Crippen LogP contribution in [0.3, 0.4) is 0 Å². The van der Waals surface area contributed by atoms with Gasteiger partial charge in [0, 0.05) is 23.3 Å². The van der Waals surface area contributed by atoms with Crippen molar-refractivity contribution in [3.05, 3.63) is 34.9 Å². The van der Waals surface area contributed by atoms with E-state index in [9.17, 15) is 14.7 Å². The van der Waals surface area contributed by atoms with Crippen molar-refractivity contribution < 1.29 is 14.7 Å². The fourth-order valence-corrected chi connectivity index (χ4v) is 2.89. The van der Waals surface area contributed by atoms with Crippen LogP contribution >= 0.6 is 11.6 Å². The van der Waals surface area contributed by atoms with Gasteiger partial charge >= 0.3 is 0 Å². The van der Waals surface area contributed by atoms with E-state index >= 15 is 0 Å². The van der Waals surface area contributed by atoms with Crippen LogP contribution in [0.15, 0.2) is 24.3 Å². The average molecular weight is 309 g/mol. The summed E-state index contributed by atoms with van der Waals surface area (Å²) in [5.74, 6) is -1.25. The lowest BCUT2D eigenvalue weighted by atomic mass is 9.88. The second-order valence-corrected chi connectivity index (χ2v) is 5.96. The minimum Gasteiger partial charge on any atom is -0.550 e. The fourth-order valence-electron chi connectivity index (χ4n) is 2.77. The highest BCUT2D eigenvalue weighted by Gasteiger charge is 2.24. The topological polar surface area (TPSA) is 69.2 Å². The first-order chi connectivity index (χ1) is 10.1. The molecule has 0 aliphatic heterocycles. The molecule has 2 rings (SSSR count). The van der Waals surface area contributed by atoms with Gasteiger partial charge in [0.25, 0.3) is 0 Å². The van der Waals surface area contributed by atoms with Crippen LogP contribution in [0.2, 0.25) is 5.02 Å². The lowest BCUT2D eigenvalue weighted by Gasteiger charge is -2.25. The van der Waals surface area contributed by atoms with Crippen LogP contribution in [0.4, 0.5) is 0 Å². The van der Waals surface area contributed by atoms with Crippen molar-refractivity contribution in [1.82, 2.24) is 5.32 Å². The Morgan fingerprint density at radius 1 is 1.19 bits per heavy atom. The smallest absolute Gasteiger partial charge is 0.223 e. The van der Waals surface area contributed by atoms with E-state index in [1.165, 1.54) is 6.42 Å². The van der Waals surface area contributed by atoms with Crippen LogP contribution in [0, 0.1) is 5.92 Å². The first kappa shape index (κ1) is 15.8. The van der Waals surface area contributed by atoms with Crippen molar-refractivity contribution >= 4 is 23.5 Å². The highest BCUT2D eigenvalue weighted by atomic mass is 35.5. The second kappa shape index (κ2) is 7.46. The number of hydrogen-bond acceptors (Lipinski definition) is 3. The molecule has 4 nitrogen and oxygen atoms in total. The van der Waals surface area contributed by atoms with Crippen LogP contribution in [0.25, 0.3) is 0 Å². The van der Waals surface area contributed by atoms with Crippen molar-refractivity contribution in [2.45, 2.75) is 44.6 Å². The van der Waals surface area contributed by atoms with E-state index in [0.717, 1.165) is 31.2 Å². The number of aliphatic carboxylic acids is 1. The van der Waals surface area contributed by atoms with E-state index in [1.807, 2.05) is 0 Å². The molecule has 114 valence electrons. The maximum atomic E-state index is 12.3. The van der Waals surface area contributed by atoms with Gasteiger partial charge in [0.15, 0.2) is 0 Å². The molecule has 1 aromatic carbocycles. The molecule has 1 fully saturated rings. The first-order valence-corrected chi connectivity index (χ1v) is 7.70. The van der Waals surface area contributed by atoms with Gasteiger partial charge in [0.2, 0.25) is 5.91 Å². The maximum Gasteiger partial charge on any atom is 0.223 e. The molecule has 1 atom stereocenters. The summed E-state index contributed by atoms with van der Waals surface area (Å²) in [6.07, 6.45) is 4.81. The van der Waals surface area contributed by atoms with Gasteiger partial charge in [-0.2, -0.15) is 0 Å². The van der Waals surface area contributed by atoms with Crippen LogP contribution in [0.5, 0.6) is 0 Å². The summed E-state index contributed by atoms with van der Waals surface area (Å²) in [6, 6.07) is 6.27. The number of nitrogens with one attached hydrogen (secondary N) is 1.